The van der Waals surface area contributed by atoms with Crippen molar-refractivity contribution in [1.29, 1.82) is 5.26 Å². The van der Waals surface area contributed by atoms with Crippen LogP contribution >= 0.6 is 11.8 Å². The van der Waals surface area contributed by atoms with Crippen LogP contribution in [0.4, 0.5) is 13.2 Å². The highest BCUT2D eigenvalue weighted by Crippen LogP contribution is 2.33. The van der Waals surface area contributed by atoms with E-state index in [2.05, 4.69) is 0 Å². The van der Waals surface area contributed by atoms with E-state index in [1.165, 1.54) is 13.2 Å². The number of methoxy groups -OCH3 is 1. The maximum atomic E-state index is 12.5. The van der Waals surface area contributed by atoms with E-state index in [0.717, 1.165) is 35.9 Å². The van der Waals surface area contributed by atoms with E-state index in [-0.39, 0.29) is 5.75 Å². The largest absolute Gasteiger partial charge is 0.496 e. The first-order chi connectivity index (χ1) is 8.49. The molecule has 0 bridgehead atoms. The lowest BCUT2D eigenvalue weighted by atomic mass is 10.1. The summed E-state index contributed by atoms with van der Waals surface area (Å²) in [4.78, 5) is 0. The summed E-state index contributed by atoms with van der Waals surface area (Å²) in [5.41, 5.74) is 0.0125. The van der Waals surface area contributed by atoms with Crippen molar-refractivity contribution in [3.63, 3.8) is 0 Å². The number of alkyl halides is 3. The van der Waals surface area contributed by atoms with Crippen LogP contribution in [0.25, 0.3) is 0 Å². The number of thiocyanates is 1. The van der Waals surface area contributed by atoms with Crippen LogP contribution in [0.3, 0.4) is 0 Å². The van der Waals surface area contributed by atoms with Crippen molar-refractivity contribution < 1.29 is 17.9 Å². The summed E-state index contributed by atoms with van der Waals surface area (Å²) >= 11 is 1.13. The summed E-state index contributed by atoms with van der Waals surface area (Å²) in [6.45, 7) is 0. The zero-order chi connectivity index (χ0) is 13.6. The van der Waals surface area contributed by atoms with Gasteiger partial charge in [0.15, 0.2) is 0 Å². The topological polar surface area (TPSA) is 33.0 Å². The fraction of sp³-hybridized carbons (Fsp3) is 0.417. The molecule has 0 heterocycles. The molecule has 0 aliphatic rings. The standard InChI is InChI=1S/C12H12F3NOS/c1-17-11-7-10(12(13,14)15)5-4-9(11)3-2-6-18-8-16/h4-5,7H,2-3,6H2,1H3. The number of rotatable bonds is 5. The Morgan fingerprint density at radius 2 is 2.11 bits per heavy atom. The van der Waals surface area contributed by atoms with Crippen molar-refractivity contribution in [1.82, 2.24) is 0 Å². The van der Waals surface area contributed by atoms with Crippen LogP contribution in [0.2, 0.25) is 0 Å². The van der Waals surface area contributed by atoms with Gasteiger partial charge in [-0.05, 0) is 42.3 Å². The average Bonchev–Trinajstić information content (AvgIpc) is 2.33. The minimum absolute atomic E-state index is 0.242. The van der Waals surface area contributed by atoms with Crippen molar-refractivity contribution in [3.05, 3.63) is 29.3 Å². The van der Waals surface area contributed by atoms with Crippen LogP contribution in [0, 0.1) is 10.7 Å². The van der Waals surface area contributed by atoms with Crippen molar-refractivity contribution in [2.45, 2.75) is 19.0 Å². The Balaban J connectivity index is 2.78. The molecule has 0 saturated heterocycles. The van der Waals surface area contributed by atoms with Crippen molar-refractivity contribution in [2.75, 3.05) is 12.9 Å². The second-order valence-corrected chi connectivity index (χ2v) is 4.45. The minimum atomic E-state index is -4.36. The van der Waals surface area contributed by atoms with E-state index in [0.29, 0.717) is 12.2 Å². The molecule has 1 aromatic rings. The van der Waals surface area contributed by atoms with Gasteiger partial charge in [0.1, 0.15) is 11.2 Å². The smallest absolute Gasteiger partial charge is 0.416 e. The first-order valence-corrected chi connectivity index (χ1v) is 6.22. The molecule has 0 radical (unpaired) electrons. The molecule has 0 N–H and O–H groups in total. The van der Waals surface area contributed by atoms with Crippen LogP contribution in [-0.4, -0.2) is 12.9 Å². The maximum Gasteiger partial charge on any atom is 0.416 e. The molecule has 1 aromatic carbocycles. The Morgan fingerprint density at radius 3 is 2.67 bits per heavy atom. The normalized spacial score (nSPS) is 11.1. The number of halogens is 3. The monoisotopic (exact) mass is 275 g/mol. The molecule has 98 valence electrons. The molecule has 0 amide bonds. The van der Waals surface area contributed by atoms with E-state index in [9.17, 15) is 13.2 Å². The number of ether oxygens (including phenoxy) is 1. The third kappa shape index (κ3) is 4.15. The molecule has 0 atom stereocenters. The lowest BCUT2D eigenvalue weighted by Gasteiger charge is -2.12. The van der Waals surface area contributed by atoms with Gasteiger partial charge < -0.3 is 4.74 Å². The van der Waals surface area contributed by atoms with Gasteiger partial charge >= 0.3 is 6.18 Å². The molecule has 18 heavy (non-hydrogen) atoms. The molecule has 0 fully saturated rings. The van der Waals surface area contributed by atoms with Crippen LogP contribution in [-0.2, 0) is 12.6 Å². The SMILES string of the molecule is COc1cc(C(F)(F)F)ccc1CCCSC#N. The second kappa shape index (κ2) is 6.55. The molecule has 0 saturated carbocycles. The lowest BCUT2D eigenvalue weighted by molar-refractivity contribution is -0.137. The van der Waals surface area contributed by atoms with E-state index < -0.39 is 11.7 Å². The van der Waals surface area contributed by atoms with Gasteiger partial charge in [-0.2, -0.15) is 18.4 Å². The Bertz CT molecular complexity index is 440. The van der Waals surface area contributed by atoms with Gasteiger partial charge in [0.05, 0.1) is 12.7 Å². The Morgan fingerprint density at radius 1 is 1.39 bits per heavy atom. The summed E-state index contributed by atoms with van der Waals surface area (Å²) in [7, 11) is 1.35. The van der Waals surface area contributed by atoms with Crippen LogP contribution < -0.4 is 4.74 Å². The fourth-order valence-corrected chi connectivity index (χ4v) is 1.89. The Hall–Kier alpha value is -1.35. The zero-order valence-corrected chi connectivity index (χ0v) is 10.6. The third-order valence-corrected chi connectivity index (χ3v) is 2.99. The number of hydrogen-bond donors (Lipinski definition) is 0. The molecule has 0 aliphatic heterocycles. The van der Waals surface area contributed by atoms with Gasteiger partial charge in [0, 0.05) is 5.75 Å². The maximum absolute atomic E-state index is 12.5. The van der Waals surface area contributed by atoms with E-state index in [1.54, 1.807) is 0 Å². The molecule has 0 aliphatic carbocycles. The van der Waals surface area contributed by atoms with Gasteiger partial charge in [-0.3, -0.25) is 0 Å². The molecular weight excluding hydrogens is 263 g/mol. The Kier molecular flexibility index (Phi) is 5.35. The van der Waals surface area contributed by atoms with Crippen molar-refractivity contribution >= 4 is 11.8 Å². The highest BCUT2D eigenvalue weighted by atomic mass is 32.2. The van der Waals surface area contributed by atoms with E-state index in [4.69, 9.17) is 10.00 Å². The zero-order valence-electron chi connectivity index (χ0n) is 9.75. The van der Waals surface area contributed by atoms with Gasteiger partial charge in [0.2, 0.25) is 0 Å². The predicted molar refractivity (Wildman–Crippen MR) is 64.4 cm³/mol. The number of hydrogen-bond acceptors (Lipinski definition) is 3. The predicted octanol–water partition coefficient (Wildman–Crippen LogP) is 3.86. The summed E-state index contributed by atoms with van der Waals surface area (Å²) in [5.74, 6) is 0.896. The first-order valence-electron chi connectivity index (χ1n) is 5.24. The van der Waals surface area contributed by atoms with Gasteiger partial charge in [0.25, 0.3) is 0 Å². The highest BCUT2D eigenvalue weighted by Gasteiger charge is 2.31. The average molecular weight is 275 g/mol. The summed E-state index contributed by atoms with van der Waals surface area (Å²) in [6.07, 6.45) is -3.04. The molecule has 2 nitrogen and oxygen atoms in total. The summed E-state index contributed by atoms with van der Waals surface area (Å²) in [6, 6.07) is 3.49. The summed E-state index contributed by atoms with van der Waals surface area (Å²) in [5, 5.41) is 10.3. The number of aryl methyl sites for hydroxylation is 1. The van der Waals surface area contributed by atoms with Gasteiger partial charge in [-0.25, -0.2) is 0 Å². The molecule has 0 aromatic heterocycles. The molecular formula is C12H12F3NOS. The van der Waals surface area contributed by atoms with Crippen LogP contribution in [0.5, 0.6) is 5.75 Å². The van der Waals surface area contributed by atoms with Crippen molar-refractivity contribution in [2.24, 2.45) is 0 Å². The second-order valence-electron chi connectivity index (χ2n) is 3.57. The number of benzene rings is 1. The van der Waals surface area contributed by atoms with Gasteiger partial charge in [-0.1, -0.05) is 6.07 Å². The lowest BCUT2D eigenvalue weighted by Crippen LogP contribution is -2.06. The van der Waals surface area contributed by atoms with Crippen LogP contribution in [0.1, 0.15) is 17.5 Å². The van der Waals surface area contributed by atoms with Crippen LogP contribution in [0.15, 0.2) is 18.2 Å². The molecule has 0 unspecified atom stereocenters. The number of nitriles is 1. The molecule has 0 spiro atoms. The Labute approximate surface area is 108 Å². The minimum Gasteiger partial charge on any atom is -0.496 e. The van der Waals surface area contributed by atoms with E-state index >= 15 is 0 Å². The number of thioether (sulfide) groups is 1. The first kappa shape index (κ1) is 14.7. The van der Waals surface area contributed by atoms with Gasteiger partial charge in [-0.15, -0.1) is 0 Å². The molecule has 1 rings (SSSR count). The summed E-state index contributed by atoms with van der Waals surface area (Å²) < 4.78 is 42.4. The molecule has 6 heteroatoms. The third-order valence-electron chi connectivity index (χ3n) is 2.37. The van der Waals surface area contributed by atoms with Crippen molar-refractivity contribution in [3.8, 4) is 11.2 Å². The highest BCUT2D eigenvalue weighted by molar-refractivity contribution is 8.03. The fourth-order valence-electron chi connectivity index (χ4n) is 1.51. The number of nitrogens with zero attached hydrogens (tertiary/aromatic N) is 1. The quantitative estimate of drug-likeness (QED) is 0.604. The van der Waals surface area contributed by atoms with E-state index in [1.807, 2.05) is 5.40 Å².